The summed E-state index contributed by atoms with van der Waals surface area (Å²) in [6, 6.07) is 11.1. The van der Waals surface area contributed by atoms with E-state index < -0.39 is 0 Å². The van der Waals surface area contributed by atoms with Crippen LogP contribution in [0.25, 0.3) is 0 Å². The topological polar surface area (TPSA) is 12.5 Å². The molecule has 2 nitrogen and oxygen atoms in total. The molecule has 1 aliphatic rings. The third-order valence-electron chi connectivity index (χ3n) is 3.12. The maximum atomic E-state index is 5.50. The van der Waals surface area contributed by atoms with E-state index in [9.17, 15) is 0 Å². The molecule has 1 heterocycles. The van der Waals surface area contributed by atoms with E-state index in [4.69, 9.17) is 4.74 Å². The highest BCUT2D eigenvalue weighted by Gasteiger charge is 2.23. The minimum Gasteiger partial charge on any atom is -0.378 e. The van der Waals surface area contributed by atoms with E-state index in [1.807, 2.05) is 30.3 Å². The minimum absolute atomic E-state index is 0.462. The van der Waals surface area contributed by atoms with E-state index in [0.29, 0.717) is 12.1 Å². The fourth-order valence-electron chi connectivity index (χ4n) is 2.10. The number of hydrogen-bond acceptors (Lipinski definition) is 2. The highest BCUT2D eigenvalue weighted by atomic mass is 16.5. The summed E-state index contributed by atoms with van der Waals surface area (Å²) < 4.78 is 5.50. The first-order chi connectivity index (χ1) is 8.27. The zero-order chi connectivity index (χ0) is 12.1. The first-order valence-electron chi connectivity index (χ1n) is 6.15. The maximum Gasteiger partial charge on any atom is 0.0620 e. The summed E-state index contributed by atoms with van der Waals surface area (Å²) in [5.41, 5.74) is 1.08. The molecule has 1 fully saturated rings. The molecule has 0 radical (unpaired) electrons. The van der Waals surface area contributed by atoms with E-state index in [-0.39, 0.29) is 0 Å². The van der Waals surface area contributed by atoms with Crippen molar-refractivity contribution < 1.29 is 4.74 Å². The second kappa shape index (κ2) is 5.86. The molecule has 0 amide bonds. The lowest BCUT2D eigenvalue weighted by molar-refractivity contribution is -0.0296. The van der Waals surface area contributed by atoms with E-state index in [0.717, 1.165) is 25.3 Å². The molecule has 0 spiro atoms. The number of hydrogen-bond donors (Lipinski definition) is 0. The van der Waals surface area contributed by atoms with Gasteiger partial charge in [0.15, 0.2) is 0 Å². The Morgan fingerprint density at radius 3 is 2.47 bits per heavy atom. The average molecular weight is 229 g/mol. The molecule has 0 N–H and O–H groups in total. The number of morpholine rings is 1. The predicted molar refractivity (Wildman–Crippen MR) is 69.8 cm³/mol. The molecule has 0 aromatic heterocycles. The summed E-state index contributed by atoms with van der Waals surface area (Å²) in [6.45, 7) is 6.84. The Kier molecular flexibility index (Phi) is 4.19. The van der Waals surface area contributed by atoms with Crippen LogP contribution in [-0.4, -0.2) is 36.7 Å². The smallest absolute Gasteiger partial charge is 0.0620 e. The lowest BCUT2D eigenvalue weighted by Gasteiger charge is -2.37. The van der Waals surface area contributed by atoms with Crippen molar-refractivity contribution in [3.8, 4) is 11.8 Å². The molecule has 0 saturated carbocycles. The molecule has 2 atom stereocenters. The molecule has 1 aromatic carbocycles. The van der Waals surface area contributed by atoms with Gasteiger partial charge in [0, 0.05) is 17.6 Å². The standard InChI is InChI=1S/C15H19NO/c1-13-11-17-12-14(2)16(13)10-6-9-15-7-4-3-5-8-15/h3-5,7-8,13-14H,10-12H2,1-2H3/t13-,14-/m0/s1. The Bertz CT molecular complexity index is 394. The Morgan fingerprint density at radius 2 is 1.82 bits per heavy atom. The second-order valence-corrected chi connectivity index (χ2v) is 4.58. The van der Waals surface area contributed by atoms with Gasteiger partial charge in [0.05, 0.1) is 19.8 Å². The van der Waals surface area contributed by atoms with E-state index >= 15 is 0 Å². The van der Waals surface area contributed by atoms with Crippen molar-refractivity contribution in [2.45, 2.75) is 25.9 Å². The van der Waals surface area contributed by atoms with Gasteiger partial charge in [-0.2, -0.15) is 0 Å². The van der Waals surface area contributed by atoms with Crippen LogP contribution in [0.2, 0.25) is 0 Å². The Morgan fingerprint density at radius 1 is 1.18 bits per heavy atom. The van der Waals surface area contributed by atoms with Gasteiger partial charge in [-0.25, -0.2) is 0 Å². The van der Waals surface area contributed by atoms with Crippen LogP contribution < -0.4 is 0 Å². The predicted octanol–water partition coefficient (Wildman–Crippen LogP) is 2.15. The fourth-order valence-corrected chi connectivity index (χ4v) is 2.10. The van der Waals surface area contributed by atoms with Crippen molar-refractivity contribution in [2.75, 3.05) is 19.8 Å². The van der Waals surface area contributed by atoms with Crippen LogP contribution in [-0.2, 0) is 4.74 Å². The lowest BCUT2D eigenvalue weighted by Crippen LogP contribution is -2.49. The zero-order valence-electron chi connectivity index (χ0n) is 10.5. The molecular formula is C15H19NO. The molecule has 17 heavy (non-hydrogen) atoms. The molecule has 1 aromatic rings. The third-order valence-corrected chi connectivity index (χ3v) is 3.12. The van der Waals surface area contributed by atoms with Gasteiger partial charge in [0.1, 0.15) is 0 Å². The van der Waals surface area contributed by atoms with Gasteiger partial charge in [-0.3, -0.25) is 4.90 Å². The van der Waals surface area contributed by atoms with Crippen LogP contribution in [0.15, 0.2) is 30.3 Å². The SMILES string of the molecule is C[C@H]1COC[C@H](C)N1CC#Cc1ccccc1. The minimum atomic E-state index is 0.462. The average Bonchev–Trinajstić information content (AvgIpc) is 2.34. The van der Waals surface area contributed by atoms with Crippen molar-refractivity contribution in [3.05, 3.63) is 35.9 Å². The summed E-state index contributed by atoms with van der Waals surface area (Å²) >= 11 is 0. The number of ether oxygens (including phenoxy) is 1. The number of rotatable bonds is 1. The van der Waals surface area contributed by atoms with Crippen LogP contribution in [0.4, 0.5) is 0 Å². The number of benzene rings is 1. The van der Waals surface area contributed by atoms with Crippen molar-refractivity contribution >= 4 is 0 Å². The molecule has 2 heteroatoms. The molecule has 1 aliphatic heterocycles. The van der Waals surface area contributed by atoms with Gasteiger partial charge in [-0.15, -0.1) is 0 Å². The number of nitrogens with zero attached hydrogens (tertiary/aromatic N) is 1. The molecule has 90 valence electrons. The molecule has 0 unspecified atom stereocenters. The third kappa shape index (κ3) is 3.33. The van der Waals surface area contributed by atoms with Gasteiger partial charge in [-0.05, 0) is 26.0 Å². The fraction of sp³-hybridized carbons (Fsp3) is 0.467. The van der Waals surface area contributed by atoms with Gasteiger partial charge in [0.2, 0.25) is 0 Å². The summed E-state index contributed by atoms with van der Waals surface area (Å²) in [4.78, 5) is 2.40. The van der Waals surface area contributed by atoms with Crippen LogP contribution in [0, 0.1) is 11.8 Å². The highest BCUT2D eigenvalue weighted by Crippen LogP contribution is 2.11. The summed E-state index contributed by atoms with van der Waals surface area (Å²) in [6.07, 6.45) is 0. The molecule has 1 saturated heterocycles. The van der Waals surface area contributed by atoms with Gasteiger partial charge < -0.3 is 4.74 Å². The normalized spacial score (nSPS) is 25.1. The van der Waals surface area contributed by atoms with Crippen LogP contribution >= 0.6 is 0 Å². The Labute approximate surface area is 104 Å². The zero-order valence-corrected chi connectivity index (χ0v) is 10.5. The Balaban J connectivity index is 1.95. The monoisotopic (exact) mass is 229 g/mol. The molecule has 2 rings (SSSR count). The molecular weight excluding hydrogens is 210 g/mol. The quantitative estimate of drug-likeness (QED) is 0.684. The van der Waals surface area contributed by atoms with Gasteiger partial charge in [-0.1, -0.05) is 30.0 Å². The van der Waals surface area contributed by atoms with E-state index in [2.05, 4.69) is 30.6 Å². The van der Waals surface area contributed by atoms with E-state index in [1.165, 1.54) is 0 Å². The van der Waals surface area contributed by atoms with Crippen LogP contribution in [0.3, 0.4) is 0 Å². The second-order valence-electron chi connectivity index (χ2n) is 4.58. The summed E-state index contributed by atoms with van der Waals surface area (Å²) in [5, 5.41) is 0. The first kappa shape index (κ1) is 12.2. The first-order valence-corrected chi connectivity index (χ1v) is 6.15. The van der Waals surface area contributed by atoms with E-state index in [1.54, 1.807) is 0 Å². The molecule has 0 aliphatic carbocycles. The van der Waals surface area contributed by atoms with Crippen molar-refractivity contribution in [1.82, 2.24) is 4.90 Å². The Hall–Kier alpha value is -1.30. The molecule has 0 bridgehead atoms. The van der Waals surface area contributed by atoms with Crippen molar-refractivity contribution in [3.63, 3.8) is 0 Å². The van der Waals surface area contributed by atoms with Crippen molar-refractivity contribution in [1.29, 1.82) is 0 Å². The lowest BCUT2D eigenvalue weighted by atomic mass is 10.1. The van der Waals surface area contributed by atoms with Crippen molar-refractivity contribution in [2.24, 2.45) is 0 Å². The van der Waals surface area contributed by atoms with Gasteiger partial charge >= 0.3 is 0 Å². The summed E-state index contributed by atoms with van der Waals surface area (Å²) in [7, 11) is 0. The summed E-state index contributed by atoms with van der Waals surface area (Å²) in [5.74, 6) is 6.45. The largest absolute Gasteiger partial charge is 0.378 e. The highest BCUT2D eigenvalue weighted by molar-refractivity contribution is 5.33. The van der Waals surface area contributed by atoms with Crippen LogP contribution in [0.1, 0.15) is 19.4 Å². The van der Waals surface area contributed by atoms with Gasteiger partial charge in [0.25, 0.3) is 0 Å². The van der Waals surface area contributed by atoms with Crippen LogP contribution in [0.5, 0.6) is 0 Å². The maximum absolute atomic E-state index is 5.50.